The number of carbonyl (C=O) groups excluding carboxylic acids is 1. The van der Waals surface area contributed by atoms with Crippen molar-refractivity contribution in [2.45, 2.75) is 25.7 Å². The standard InChI is InChI=1S/C11H11FO/c12-11-6-2-4-8-3-1-5-9(13)7-10(8)11/h2,4,6H,1,3,5,7H2. The molecule has 68 valence electrons. The van der Waals surface area contributed by atoms with E-state index in [-0.39, 0.29) is 18.0 Å². The monoisotopic (exact) mass is 178 g/mol. The van der Waals surface area contributed by atoms with Crippen molar-refractivity contribution in [3.05, 3.63) is 35.1 Å². The molecule has 0 atom stereocenters. The van der Waals surface area contributed by atoms with Gasteiger partial charge in [0, 0.05) is 12.8 Å². The molecule has 0 saturated carbocycles. The van der Waals surface area contributed by atoms with Gasteiger partial charge in [0.15, 0.2) is 0 Å². The highest BCUT2D eigenvalue weighted by Crippen LogP contribution is 2.20. The largest absolute Gasteiger partial charge is 0.299 e. The lowest BCUT2D eigenvalue weighted by Gasteiger charge is -2.04. The van der Waals surface area contributed by atoms with Gasteiger partial charge in [-0.1, -0.05) is 12.1 Å². The second-order valence-corrected chi connectivity index (χ2v) is 3.45. The van der Waals surface area contributed by atoms with Gasteiger partial charge in [-0.05, 0) is 30.0 Å². The minimum Gasteiger partial charge on any atom is -0.299 e. The Morgan fingerprint density at radius 3 is 2.92 bits per heavy atom. The minimum atomic E-state index is -0.229. The summed E-state index contributed by atoms with van der Waals surface area (Å²) in [6.07, 6.45) is 2.56. The Labute approximate surface area is 76.6 Å². The lowest BCUT2D eigenvalue weighted by atomic mass is 10.0. The molecule has 1 aromatic rings. The first-order chi connectivity index (χ1) is 6.27. The molecular formula is C11H11FO. The van der Waals surface area contributed by atoms with Crippen LogP contribution in [-0.2, 0) is 17.6 Å². The maximum atomic E-state index is 13.3. The lowest BCUT2D eigenvalue weighted by Crippen LogP contribution is -2.02. The molecular weight excluding hydrogens is 167 g/mol. The molecule has 0 radical (unpaired) electrons. The van der Waals surface area contributed by atoms with E-state index in [1.807, 2.05) is 6.07 Å². The number of benzene rings is 1. The summed E-state index contributed by atoms with van der Waals surface area (Å²) >= 11 is 0. The summed E-state index contributed by atoms with van der Waals surface area (Å²) in [5, 5.41) is 0. The number of carbonyl (C=O) groups is 1. The molecule has 2 rings (SSSR count). The van der Waals surface area contributed by atoms with Gasteiger partial charge in [0.1, 0.15) is 11.6 Å². The fraction of sp³-hybridized carbons (Fsp3) is 0.364. The molecule has 0 aromatic heterocycles. The summed E-state index contributed by atoms with van der Waals surface area (Å²) < 4.78 is 13.3. The van der Waals surface area contributed by atoms with E-state index in [0.717, 1.165) is 18.4 Å². The maximum absolute atomic E-state index is 13.3. The van der Waals surface area contributed by atoms with E-state index in [0.29, 0.717) is 12.0 Å². The average Bonchev–Trinajstić information content (AvgIpc) is 2.28. The van der Waals surface area contributed by atoms with E-state index in [4.69, 9.17) is 0 Å². The van der Waals surface area contributed by atoms with Crippen LogP contribution in [-0.4, -0.2) is 5.78 Å². The molecule has 1 aliphatic carbocycles. The van der Waals surface area contributed by atoms with Gasteiger partial charge in [0.25, 0.3) is 0 Å². The number of ketones is 1. The Bertz CT molecular complexity index is 344. The number of hydrogen-bond acceptors (Lipinski definition) is 1. The van der Waals surface area contributed by atoms with Crippen LogP contribution >= 0.6 is 0 Å². The Kier molecular flexibility index (Phi) is 2.13. The van der Waals surface area contributed by atoms with Crippen LogP contribution in [0.5, 0.6) is 0 Å². The summed E-state index contributed by atoms with van der Waals surface area (Å²) in [6.45, 7) is 0. The summed E-state index contributed by atoms with van der Waals surface area (Å²) in [6, 6.07) is 5.05. The zero-order valence-corrected chi connectivity index (χ0v) is 7.35. The van der Waals surface area contributed by atoms with E-state index < -0.39 is 0 Å². The van der Waals surface area contributed by atoms with Crippen molar-refractivity contribution in [2.24, 2.45) is 0 Å². The number of hydrogen-bond donors (Lipinski definition) is 0. The Morgan fingerprint density at radius 2 is 2.08 bits per heavy atom. The molecule has 0 N–H and O–H groups in total. The van der Waals surface area contributed by atoms with Crippen LogP contribution in [0.25, 0.3) is 0 Å². The highest BCUT2D eigenvalue weighted by atomic mass is 19.1. The molecule has 1 aromatic carbocycles. The van der Waals surface area contributed by atoms with E-state index in [1.165, 1.54) is 6.07 Å². The number of rotatable bonds is 0. The second kappa shape index (κ2) is 3.29. The van der Waals surface area contributed by atoms with Crippen molar-refractivity contribution >= 4 is 5.78 Å². The van der Waals surface area contributed by atoms with Crippen LogP contribution in [0.15, 0.2) is 18.2 Å². The van der Waals surface area contributed by atoms with Crippen LogP contribution in [0.2, 0.25) is 0 Å². The maximum Gasteiger partial charge on any atom is 0.137 e. The first-order valence-electron chi connectivity index (χ1n) is 4.55. The molecule has 2 heteroatoms. The Hall–Kier alpha value is -1.18. The number of halogens is 1. The minimum absolute atomic E-state index is 0.156. The van der Waals surface area contributed by atoms with Crippen LogP contribution in [0.1, 0.15) is 24.0 Å². The molecule has 0 heterocycles. The molecule has 1 aliphatic rings. The SMILES string of the molecule is O=C1CCCc2cccc(F)c2C1. The van der Waals surface area contributed by atoms with Gasteiger partial charge < -0.3 is 0 Å². The topological polar surface area (TPSA) is 17.1 Å². The number of fused-ring (bicyclic) bond motifs is 1. The number of Topliss-reactive ketones (excluding diaryl/α,β-unsaturated/α-hetero) is 1. The molecule has 0 unspecified atom stereocenters. The van der Waals surface area contributed by atoms with E-state index in [2.05, 4.69) is 0 Å². The van der Waals surface area contributed by atoms with Crippen molar-refractivity contribution in [3.63, 3.8) is 0 Å². The summed E-state index contributed by atoms with van der Waals surface area (Å²) in [5.74, 6) is -0.0726. The first-order valence-corrected chi connectivity index (χ1v) is 4.55. The lowest BCUT2D eigenvalue weighted by molar-refractivity contribution is -0.118. The van der Waals surface area contributed by atoms with Gasteiger partial charge in [0.2, 0.25) is 0 Å². The van der Waals surface area contributed by atoms with E-state index >= 15 is 0 Å². The molecule has 0 amide bonds. The molecule has 0 fully saturated rings. The highest BCUT2D eigenvalue weighted by Gasteiger charge is 2.16. The molecule has 0 bridgehead atoms. The quantitative estimate of drug-likeness (QED) is 0.557. The van der Waals surface area contributed by atoms with Crippen LogP contribution in [0, 0.1) is 5.82 Å². The zero-order valence-electron chi connectivity index (χ0n) is 7.35. The molecule has 0 saturated heterocycles. The van der Waals surface area contributed by atoms with Gasteiger partial charge >= 0.3 is 0 Å². The van der Waals surface area contributed by atoms with Crippen LogP contribution < -0.4 is 0 Å². The van der Waals surface area contributed by atoms with Crippen LogP contribution in [0.4, 0.5) is 4.39 Å². The third kappa shape index (κ3) is 1.62. The van der Waals surface area contributed by atoms with Gasteiger partial charge in [-0.15, -0.1) is 0 Å². The number of aryl methyl sites for hydroxylation is 1. The average molecular weight is 178 g/mol. The fourth-order valence-corrected chi connectivity index (χ4v) is 1.80. The van der Waals surface area contributed by atoms with Crippen molar-refractivity contribution in [1.82, 2.24) is 0 Å². The van der Waals surface area contributed by atoms with Gasteiger partial charge in [-0.25, -0.2) is 4.39 Å². The zero-order chi connectivity index (χ0) is 9.26. The van der Waals surface area contributed by atoms with E-state index in [1.54, 1.807) is 6.07 Å². The third-order valence-electron chi connectivity index (χ3n) is 2.49. The Morgan fingerprint density at radius 1 is 1.23 bits per heavy atom. The summed E-state index contributed by atoms with van der Waals surface area (Å²) in [4.78, 5) is 11.2. The predicted octanol–water partition coefficient (Wildman–Crippen LogP) is 2.27. The van der Waals surface area contributed by atoms with Crippen molar-refractivity contribution in [3.8, 4) is 0 Å². The van der Waals surface area contributed by atoms with Crippen molar-refractivity contribution < 1.29 is 9.18 Å². The third-order valence-corrected chi connectivity index (χ3v) is 2.49. The highest BCUT2D eigenvalue weighted by molar-refractivity contribution is 5.81. The normalized spacial score (nSPS) is 16.5. The molecule has 0 spiro atoms. The molecule has 13 heavy (non-hydrogen) atoms. The smallest absolute Gasteiger partial charge is 0.137 e. The summed E-state index contributed by atoms with van der Waals surface area (Å²) in [5.41, 5.74) is 1.62. The van der Waals surface area contributed by atoms with Gasteiger partial charge in [-0.3, -0.25) is 4.79 Å². The second-order valence-electron chi connectivity index (χ2n) is 3.45. The molecule has 0 aliphatic heterocycles. The van der Waals surface area contributed by atoms with Crippen molar-refractivity contribution in [2.75, 3.05) is 0 Å². The first kappa shape index (κ1) is 8.42. The molecule has 1 nitrogen and oxygen atoms in total. The van der Waals surface area contributed by atoms with Crippen molar-refractivity contribution in [1.29, 1.82) is 0 Å². The Balaban J connectivity index is 2.46. The van der Waals surface area contributed by atoms with Gasteiger partial charge in [0.05, 0.1) is 0 Å². The fourth-order valence-electron chi connectivity index (χ4n) is 1.80. The van der Waals surface area contributed by atoms with Crippen LogP contribution in [0.3, 0.4) is 0 Å². The predicted molar refractivity (Wildman–Crippen MR) is 48.0 cm³/mol. The van der Waals surface area contributed by atoms with Gasteiger partial charge in [-0.2, -0.15) is 0 Å². The summed E-state index contributed by atoms with van der Waals surface area (Å²) in [7, 11) is 0. The van der Waals surface area contributed by atoms with E-state index in [9.17, 15) is 9.18 Å².